The first-order valence-corrected chi connectivity index (χ1v) is 9.26. The number of benzene rings is 1. The van der Waals surface area contributed by atoms with E-state index in [2.05, 4.69) is 22.6 Å². The fourth-order valence-corrected chi connectivity index (χ4v) is 3.33. The van der Waals surface area contributed by atoms with Gasteiger partial charge >= 0.3 is 0 Å². The third-order valence-electron chi connectivity index (χ3n) is 3.14. The summed E-state index contributed by atoms with van der Waals surface area (Å²) in [5, 5.41) is 0. The van der Waals surface area contributed by atoms with E-state index < -0.39 is 9.84 Å². The van der Waals surface area contributed by atoms with Gasteiger partial charge in [-0.25, -0.2) is 8.42 Å². The number of halogens is 1. The topological polar surface area (TPSA) is 63.7 Å². The average molecular weight is 409 g/mol. The zero-order chi connectivity index (χ0) is 14.8. The molecule has 1 aliphatic rings. The van der Waals surface area contributed by atoms with Gasteiger partial charge in [0.15, 0.2) is 6.61 Å². The van der Waals surface area contributed by atoms with E-state index in [1.807, 2.05) is 18.2 Å². The standard InChI is InChI=1S/C13H16INO4S/c1-2-20(17,18)7-3-6-15-11-5-4-10(14)8-12(11)19-9-13(15)16/h4-5,8H,2-3,6-7,9H2,1H3. The Balaban J connectivity index is 2.10. The Hall–Kier alpha value is -0.830. The van der Waals surface area contributed by atoms with Gasteiger partial charge in [-0.3, -0.25) is 4.79 Å². The molecule has 0 aromatic heterocycles. The maximum Gasteiger partial charge on any atom is 0.265 e. The summed E-state index contributed by atoms with van der Waals surface area (Å²) in [6, 6.07) is 5.61. The van der Waals surface area contributed by atoms with Gasteiger partial charge < -0.3 is 9.64 Å². The molecule has 1 heterocycles. The molecule has 0 bridgehead atoms. The molecule has 0 radical (unpaired) electrons. The highest BCUT2D eigenvalue weighted by molar-refractivity contribution is 14.1. The molecule has 1 aromatic rings. The molecule has 0 aliphatic carbocycles. The maximum atomic E-state index is 11.9. The Morgan fingerprint density at radius 2 is 2.15 bits per heavy atom. The van der Waals surface area contributed by atoms with Crippen LogP contribution in [-0.4, -0.2) is 39.0 Å². The van der Waals surface area contributed by atoms with Crippen LogP contribution in [-0.2, 0) is 14.6 Å². The van der Waals surface area contributed by atoms with Crippen molar-refractivity contribution in [1.82, 2.24) is 0 Å². The highest BCUT2D eigenvalue weighted by atomic mass is 127. The molecule has 0 spiro atoms. The summed E-state index contributed by atoms with van der Waals surface area (Å²) in [5.41, 5.74) is 0.718. The van der Waals surface area contributed by atoms with Gasteiger partial charge in [0.1, 0.15) is 15.6 Å². The highest BCUT2D eigenvalue weighted by Gasteiger charge is 2.25. The summed E-state index contributed by atoms with van der Waals surface area (Å²) in [5.74, 6) is 0.787. The van der Waals surface area contributed by atoms with E-state index in [0.717, 1.165) is 9.26 Å². The van der Waals surface area contributed by atoms with Crippen LogP contribution < -0.4 is 9.64 Å². The van der Waals surface area contributed by atoms with E-state index in [1.165, 1.54) is 0 Å². The first-order valence-electron chi connectivity index (χ1n) is 6.36. The molecule has 2 rings (SSSR count). The largest absolute Gasteiger partial charge is 0.482 e. The van der Waals surface area contributed by atoms with Crippen LogP contribution in [0.15, 0.2) is 18.2 Å². The van der Waals surface area contributed by atoms with Crippen LogP contribution in [0, 0.1) is 3.57 Å². The lowest BCUT2D eigenvalue weighted by molar-refractivity contribution is -0.121. The Bertz CT molecular complexity index is 615. The predicted molar refractivity (Wildman–Crippen MR) is 86.0 cm³/mol. The number of carbonyl (C=O) groups is 1. The number of ether oxygens (including phenoxy) is 1. The lowest BCUT2D eigenvalue weighted by atomic mass is 10.2. The molecule has 1 amide bonds. The molecule has 0 atom stereocenters. The number of amides is 1. The van der Waals surface area contributed by atoms with Crippen molar-refractivity contribution < 1.29 is 17.9 Å². The van der Waals surface area contributed by atoms with Crippen LogP contribution >= 0.6 is 22.6 Å². The van der Waals surface area contributed by atoms with E-state index in [4.69, 9.17) is 4.74 Å². The first kappa shape index (κ1) is 15.6. The molecule has 0 saturated heterocycles. The number of hydrogen-bond donors (Lipinski definition) is 0. The SMILES string of the molecule is CCS(=O)(=O)CCCN1C(=O)COc2cc(I)ccc21. The minimum atomic E-state index is -2.99. The van der Waals surface area contributed by atoms with Crippen LogP contribution in [0.5, 0.6) is 5.75 Å². The van der Waals surface area contributed by atoms with Gasteiger partial charge in [0.2, 0.25) is 0 Å². The van der Waals surface area contributed by atoms with E-state index in [-0.39, 0.29) is 24.0 Å². The van der Waals surface area contributed by atoms with Gasteiger partial charge in [-0.2, -0.15) is 0 Å². The Morgan fingerprint density at radius 3 is 2.85 bits per heavy atom. The lowest BCUT2D eigenvalue weighted by Gasteiger charge is -2.29. The number of sulfone groups is 1. The van der Waals surface area contributed by atoms with Gasteiger partial charge in [0, 0.05) is 15.9 Å². The quantitative estimate of drug-likeness (QED) is 0.697. The lowest BCUT2D eigenvalue weighted by Crippen LogP contribution is -2.40. The van der Waals surface area contributed by atoms with Crippen LogP contribution in [0.1, 0.15) is 13.3 Å². The molecule has 0 N–H and O–H groups in total. The molecule has 0 fully saturated rings. The predicted octanol–water partition coefficient (Wildman–Crippen LogP) is 1.84. The van der Waals surface area contributed by atoms with Gasteiger partial charge in [-0.15, -0.1) is 0 Å². The first-order chi connectivity index (χ1) is 9.43. The zero-order valence-electron chi connectivity index (χ0n) is 11.1. The van der Waals surface area contributed by atoms with Crippen LogP contribution in [0.3, 0.4) is 0 Å². The van der Waals surface area contributed by atoms with Crippen LogP contribution in [0.4, 0.5) is 5.69 Å². The maximum absolute atomic E-state index is 11.9. The molecule has 110 valence electrons. The van der Waals surface area contributed by atoms with E-state index in [1.54, 1.807) is 11.8 Å². The van der Waals surface area contributed by atoms with Crippen molar-refractivity contribution in [2.24, 2.45) is 0 Å². The summed E-state index contributed by atoms with van der Waals surface area (Å²) >= 11 is 2.18. The van der Waals surface area contributed by atoms with E-state index >= 15 is 0 Å². The van der Waals surface area contributed by atoms with Gasteiger partial charge in [0.05, 0.1) is 11.4 Å². The van der Waals surface area contributed by atoms with Crippen molar-refractivity contribution in [2.75, 3.05) is 29.6 Å². The monoisotopic (exact) mass is 409 g/mol. The van der Waals surface area contributed by atoms with Crippen molar-refractivity contribution in [1.29, 1.82) is 0 Å². The number of fused-ring (bicyclic) bond motifs is 1. The Morgan fingerprint density at radius 1 is 1.40 bits per heavy atom. The third kappa shape index (κ3) is 3.63. The van der Waals surface area contributed by atoms with E-state index in [9.17, 15) is 13.2 Å². The van der Waals surface area contributed by atoms with Crippen LogP contribution in [0.2, 0.25) is 0 Å². The number of hydrogen-bond acceptors (Lipinski definition) is 4. The molecule has 0 unspecified atom stereocenters. The minimum Gasteiger partial charge on any atom is -0.482 e. The minimum absolute atomic E-state index is 0.00756. The smallest absolute Gasteiger partial charge is 0.265 e. The second-order valence-electron chi connectivity index (χ2n) is 4.54. The molecular formula is C13H16INO4S. The van der Waals surface area contributed by atoms with E-state index in [0.29, 0.717) is 18.7 Å². The second kappa shape index (κ2) is 6.30. The van der Waals surface area contributed by atoms with Crippen molar-refractivity contribution in [2.45, 2.75) is 13.3 Å². The molecule has 0 saturated carbocycles. The van der Waals surface area contributed by atoms with Crippen molar-refractivity contribution in [3.63, 3.8) is 0 Å². The Labute approximate surface area is 132 Å². The average Bonchev–Trinajstić information content (AvgIpc) is 2.41. The van der Waals surface area contributed by atoms with Crippen molar-refractivity contribution in [3.05, 3.63) is 21.8 Å². The number of carbonyl (C=O) groups excluding carboxylic acids is 1. The zero-order valence-corrected chi connectivity index (χ0v) is 14.1. The molecule has 7 heteroatoms. The fraction of sp³-hybridized carbons (Fsp3) is 0.462. The van der Waals surface area contributed by atoms with Crippen molar-refractivity contribution in [3.8, 4) is 5.75 Å². The summed E-state index contributed by atoms with van der Waals surface area (Å²) in [7, 11) is -2.99. The fourth-order valence-electron chi connectivity index (χ4n) is 2.01. The number of nitrogens with zero attached hydrogens (tertiary/aromatic N) is 1. The summed E-state index contributed by atoms with van der Waals surface area (Å²) in [6.07, 6.45) is 0.438. The van der Waals surface area contributed by atoms with Gasteiger partial charge in [-0.05, 0) is 47.2 Å². The number of rotatable bonds is 5. The molecule has 5 nitrogen and oxygen atoms in total. The van der Waals surface area contributed by atoms with Gasteiger partial charge in [0.25, 0.3) is 5.91 Å². The summed E-state index contributed by atoms with van der Waals surface area (Å²) < 4.78 is 29.4. The third-order valence-corrected chi connectivity index (χ3v) is 5.60. The second-order valence-corrected chi connectivity index (χ2v) is 8.25. The van der Waals surface area contributed by atoms with Crippen LogP contribution in [0.25, 0.3) is 0 Å². The Kier molecular flexibility index (Phi) is 4.90. The van der Waals surface area contributed by atoms with Gasteiger partial charge in [-0.1, -0.05) is 6.92 Å². The summed E-state index contributed by atoms with van der Waals surface area (Å²) in [6.45, 7) is 2.04. The number of anilines is 1. The normalized spacial score (nSPS) is 14.9. The summed E-state index contributed by atoms with van der Waals surface area (Å²) in [4.78, 5) is 13.5. The molecule has 20 heavy (non-hydrogen) atoms. The highest BCUT2D eigenvalue weighted by Crippen LogP contribution is 2.33. The van der Waals surface area contributed by atoms with Crippen molar-refractivity contribution >= 4 is 44.0 Å². The molecular weight excluding hydrogens is 393 g/mol. The molecule has 1 aromatic carbocycles. The molecule has 1 aliphatic heterocycles.